The van der Waals surface area contributed by atoms with Crippen LogP contribution in [0.3, 0.4) is 0 Å². The molecule has 18 heavy (non-hydrogen) atoms. The molecule has 0 aromatic heterocycles. The molecule has 1 heterocycles. The van der Waals surface area contributed by atoms with Crippen LogP contribution in [0.4, 0.5) is 5.69 Å². The summed E-state index contributed by atoms with van der Waals surface area (Å²) in [6.45, 7) is 4.38. The highest BCUT2D eigenvalue weighted by Crippen LogP contribution is 2.21. The van der Waals surface area contributed by atoms with Crippen LogP contribution >= 0.6 is 15.9 Å². The fourth-order valence-corrected chi connectivity index (χ4v) is 2.73. The first-order valence-corrected chi connectivity index (χ1v) is 7.22. The lowest BCUT2D eigenvalue weighted by atomic mass is 10.0. The van der Waals surface area contributed by atoms with E-state index < -0.39 is 0 Å². The van der Waals surface area contributed by atoms with Gasteiger partial charge in [-0.15, -0.1) is 0 Å². The smallest absolute Gasteiger partial charge is 0.241 e. The molecule has 98 valence electrons. The van der Waals surface area contributed by atoms with Gasteiger partial charge in [0.25, 0.3) is 0 Å². The van der Waals surface area contributed by atoms with Crippen molar-refractivity contribution in [1.82, 2.24) is 4.90 Å². The number of piperidine rings is 1. The molecule has 1 amide bonds. The molecule has 1 aromatic rings. The molecule has 1 unspecified atom stereocenters. The first kappa shape index (κ1) is 13.4. The normalized spacial score (nSPS) is 19.7. The van der Waals surface area contributed by atoms with Crippen molar-refractivity contribution >= 4 is 27.5 Å². The predicted octanol–water partition coefficient (Wildman–Crippen LogP) is 3.12. The van der Waals surface area contributed by atoms with E-state index in [2.05, 4.69) is 28.2 Å². The molecular weight excluding hydrogens is 292 g/mol. The Labute approximate surface area is 117 Å². The van der Waals surface area contributed by atoms with Crippen LogP contribution in [0.1, 0.15) is 19.8 Å². The van der Waals surface area contributed by atoms with Gasteiger partial charge in [0.15, 0.2) is 0 Å². The second kappa shape index (κ2) is 6.23. The lowest BCUT2D eigenvalue weighted by molar-refractivity contribution is -0.130. The molecule has 3 nitrogen and oxygen atoms in total. The summed E-state index contributed by atoms with van der Waals surface area (Å²) in [4.78, 5) is 14.0. The zero-order valence-electron chi connectivity index (χ0n) is 10.7. The van der Waals surface area contributed by atoms with Crippen molar-refractivity contribution in [1.29, 1.82) is 0 Å². The third-order valence-corrected chi connectivity index (χ3v) is 4.01. The maximum atomic E-state index is 12.1. The second-order valence-corrected chi connectivity index (χ2v) is 5.77. The van der Waals surface area contributed by atoms with Crippen LogP contribution in [0.5, 0.6) is 0 Å². The third kappa shape index (κ3) is 3.48. The Morgan fingerprint density at radius 2 is 2.28 bits per heavy atom. The van der Waals surface area contributed by atoms with Gasteiger partial charge in [-0.2, -0.15) is 0 Å². The molecule has 4 heteroatoms. The van der Waals surface area contributed by atoms with Gasteiger partial charge in [-0.3, -0.25) is 4.79 Å². The zero-order chi connectivity index (χ0) is 13.0. The Kier molecular flexibility index (Phi) is 4.64. The average molecular weight is 311 g/mol. The highest BCUT2D eigenvalue weighted by atomic mass is 79.9. The van der Waals surface area contributed by atoms with Crippen molar-refractivity contribution < 1.29 is 4.79 Å². The summed E-state index contributed by atoms with van der Waals surface area (Å²) < 4.78 is 0.991. The van der Waals surface area contributed by atoms with Gasteiger partial charge < -0.3 is 10.2 Å². The van der Waals surface area contributed by atoms with Crippen LogP contribution in [0.25, 0.3) is 0 Å². The lowest BCUT2D eigenvalue weighted by Gasteiger charge is -2.31. The monoisotopic (exact) mass is 310 g/mol. The van der Waals surface area contributed by atoms with E-state index in [0.29, 0.717) is 12.5 Å². The van der Waals surface area contributed by atoms with Gasteiger partial charge in [0, 0.05) is 23.2 Å². The molecule has 1 aliphatic heterocycles. The van der Waals surface area contributed by atoms with Crippen molar-refractivity contribution in [2.24, 2.45) is 5.92 Å². The molecular formula is C14H19BrN2O. The standard InChI is InChI=1S/C14H19BrN2O/c1-11-5-4-8-17(10-11)14(18)9-16-13-7-3-2-6-12(13)15/h2-3,6-7,11,16H,4-5,8-10H2,1H3. The number of para-hydroxylation sites is 1. The van der Waals surface area contributed by atoms with Gasteiger partial charge in [-0.05, 0) is 46.8 Å². The predicted molar refractivity (Wildman–Crippen MR) is 77.6 cm³/mol. The van der Waals surface area contributed by atoms with Gasteiger partial charge in [-0.25, -0.2) is 0 Å². The fraction of sp³-hybridized carbons (Fsp3) is 0.500. The van der Waals surface area contributed by atoms with Crippen LogP contribution in [0.15, 0.2) is 28.7 Å². The number of nitrogens with one attached hydrogen (secondary N) is 1. The fourth-order valence-electron chi connectivity index (χ4n) is 2.30. The number of hydrogen-bond donors (Lipinski definition) is 1. The molecule has 0 bridgehead atoms. The summed E-state index contributed by atoms with van der Waals surface area (Å²) in [5.74, 6) is 0.823. The molecule has 0 aliphatic carbocycles. The lowest BCUT2D eigenvalue weighted by Crippen LogP contribution is -2.41. The van der Waals surface area contributed by atoms with Crippen molar-refractivity contribution in [3.63, 3.8) is 0 Å². The van der Waals surface area contributed by atoms with E-state index >= 15 is 0 Å². The van der Waals surface area contributed by atoms with Gasteiger partial charge in [0.05, 0.1) is 6.54 Å². The third-order valence-electron chi connectivity index (χ3n) is 3.31. The van der Waals surface area contributed by atoms with E-state index in [0.717, 1.165) is 29.7 Å². The minimum atomic E-state index is 0.192. The van der Waals surface area contributed by atoms with Crippen LogP contribution < -0.4 is 5.32 Å². The number of anilines is 1. The number of benzene rings is 1. The van der Waals surface area contributed by atoms with Crippen LogP contribution in [0, 0.1) is 5.92 Å². The quantitative estimate of drug-likeness (QED) is 0.930. The van der Waals surface area contributed by atoms with Crippen molar-refractivity contribution in [3.05, 3.63) is 28.7 Å². The second-order valence-electron chi connectivity index (χ2n) is 4.92. The Morgan fingerprint density at radius 3 is 3.00 bits per heavy atom. The molecule has 1 N–H and O–H groups in total. The number of nitrogens with zero attached hydrogens (tertiary/aromatic N) is 1. The Hall–Kier alpha value is -1.03. The highest BCUT2D eigenvalue weighted by molar-refractivity contribution is 9.10. The minimum Gasteiger partial charge on any atom is -0.375 e. The summed E-state index contributed by atoms with van der Waals surface area (Å²) in [6, 6.07) is 7.86. The van der Waals surface area contributed by atoms with Crippen molar-refractivity contribution in [3.8, 4) is 0 Å². The summed E-state index contributed by atoms with van der Waals surface area (Å²) in [7, 11) is 0. The van der Waals surface area contributed by atoms with Gasteiger partial charge in [-0.1, -0.05) is 19.1 Å². The number of carbonyl (C=O) groups excluding carboxylic acids is 1. The van der Waals surface area contributed by atoms with E-state index in [9.17, 15) is 4.79 Å². The van der Waals surface area contributed by atoms with Gasteiger partial charge in [0.2, 0.25) is 5.91 Å². The van der Waals surface area contributed by atoms with E-state index in [1.165, 1.54) is 6.42 Å². The number of likely N-dealkylation sites (tertiary alicyclic amines) is 1. The summed E-state index contributed by atoms with van der Waals surface area (Å²) in [5.41, 5.74) is 0.968. The molecule has 0 radical (unpaired) electrons. The van der Waals surface area contributed by atoms with Crippen LogP contribution in [0.2, 0.25) is 0 Å². The van der Waals surface area contributed by atoms with Crippen molar-refractivity contribution in [2.45, 2.75) is 19.8 Å². The van der Waals surface area contributed by atoms with E-state index in [1.807, 2.05) is 29.2 Å². The first-order chi connectivity index (χ1) is 8.66. The molecule has 1 saturated heterocycles. The Bertz CT molecular complexity index is 422. The summed E-state index contributed by atoms with van der Waals surface area (Å²) >= 11 is 3.46. The largest absolute Gasteiger partial charge is 0.375 e. The van der Waals surface area contributed by atoms with Gasteiger partial charge in [0.1, 0.15) is 0 Å². The van der Waals surface area contributed by atoms with Gasteiger partial charge >= 0.3 is 0 Å². The number of rotatable bonds is 3. The zero-order valence-corrected chi connectivity index (χ0v) is 12.2. The highest BCUT2D eigenvalue weighted by Gasteiger charge is 2.20. The molecule has 0 spiro atoms. The topological polar surface area (TPSA) is 32.3 Å². The maximum absolute atomic E-state index is 12.1. The molecule has 1 fully saturated rings. The molecule has 1 aliphatic rings. The van der Waals surface area contributed by atoms with E-state index in [1.54, 1.807) is 0 Å². The van der Waals surface area contributed by atoms with Crippen molar-refractivity contribution in [2.75, 3.05) is 25.0 Å². The molecule has 2 rings (SSSR count). The molecule has 1 atom stereocenters. The van der Waals surface area contributed by atoms with Crippen LogP contribution in [-0.2, 0) is 4.79 Å². The van der Waals surface area contributed by atoms with Crippen LogP contribution in [-0.4, -0.2) is 30.4 Å². The number of carbonyl (C=O) groups is 1. The number of amides is 1. The minimum absolute atomic E-state index is 0.192. The number of hydrogen-bond acceptors (Lipinski definition) is 2. The summed E-state index contributed by atoms with van der Waals surface area (Å²) in [5, 5.41) is 3.19. The Balaban J connectivity index is 1.86. The average Bonchev–Trinajstić information content (AvgIpc) is 2.37. The first-order valence-electron chi connectivity index (χ1n) is 6.43. The van der Waals surface area contributed by atoms with E-state index in [-0.39, 0.29) is 5.91 Å². The molecule has 0 saturated carbocycles. The summed E-state index contributed by atoms with van der Waals surface area (Å²) in [6.07, 6.45) is 2.36. The SMILES string of the molecule is CC1CCCN(C(=O)CNc2ccccc2Br)C1. The Morgan fingerprint density at radius 1 is 1.50 bits per heavy atom. The number of halogens is 1. The molecule has 1 aromatic carbocycles. The maximum Gasteiger partial charge on any atom is 0.241 e. The van der Waals surface area contributed by atoms with E-state index in [4.69, 9.17) is 0 Å².